The lowest BCUT2D eigenvalue weighted by atomic mass is 10.1. The van der Waals surface area contributed by atoms with Gasteiger partial charge in [0.05, 0.1) is 13.7 Å². The van der Waals surface area contributed by atoms with Crippen LogP contribution in [0.15, 0.2) is 30.3 Å². The molecule has 0 atom stereocenters. The molecule has 5 nitrogen and oxygen atoms in total. The zero-order chi connectivity index (χ0) is 15.1. The van der Waals surface area contributed by atoms with Crippen LogP contribution in [0.4, 0.5) is 0 Å². The summed E-state index contributed by atoms with van der Waals surface area (Å²) in [5, 5.41) is 9.74. The minimum absolute atomic E-state index is 0.296. The number of rotatable bonds is 6. The van der Waals surface area contributed by atoms with E-state index in [0.717, 1.165) is 13.2 Å². The van der Waals surface area contributed by atoms with Gasteiger partial charge >= 0.3 is 5.97 Å². The molecule has 0 saturated carbocycles. The quantitative estimate of drug-likeness (QED) is 0.374. The smallest absolute Gasteiger partial charge is 0.378 e. The number of hydrogen-bond donors (Lipinski definition) is 1. The number of ether oxygens (including phenoxy) is 2. The van der Waals surface area contributed by atoms with Gasteiger partial charge in [-0.05, 0) is 30.2 Å². The summed E-state index contributed by atoms with van der Waals surface area (Å²) in [6.07, 6.45) is 0.829. The van der Waals surface area contributed by atoms with Gasteiger partial charge in [-0.25, -0.2) is 4.79 Å². The summed E-state index contributed by atoms with van der Waals surface area (Å²) in [7, 11) is 1.10. The van der Waals surface area contributed by atoms with Gasteiger partial charge in [-0.15, -0.1) is 0 Å². The maximum Gasteiger partial charge on any atom is 0.378 e. The second-order valence-corrected chi connectivity index (χ2v) is 4.61. The number of methoxy groups -OCH3 is 1. The molecule has 1 N–H and O–H groups in total. The van der Waals surface area contributed by atoms with Crippen molar-refractivity contribution in [2.75, 3.05) is 13.7 Å². The van der Waals surface area contributed by atoms with E-state index in [-0.39, 0.29) is 5.76 Å². The first-order valence-corrected chi connectivity index (χ1v) is 6.20. The van der Waals surface area contributed by atoms with Crippen molar-refractivity contribution in [2.45, 2.75) is 13.8 Å². The van der Waals surface area contributed by atoms with Crippen molar-refractivity contribution >= 4 is 17.5 Å². The summed E-state index contributed by atoms with van der Waals surface area (Å²) in [5.41, 5.74) is 0.416. The number of carbonyl (C=O) groups excluding carboxylic acids is 2. The molecule has 20 heavy (non-hydrogen) atoms. The van der Waals surface area contributed by atoms with Crippen LogP contribution < -0.4 is 4.74 Å². The molecular weight excluding hydrogens is 260 g/mol. The average molecular weight is 278 g/mol. The van der Waals surface area contributed by atoms with E-state index in [1.54, 1.807) is 24.3 Å². The Bertz CT molecular complexity index is 500. The van der Waals surface area contributed by atoms with Crippen LogP contribution in [-0.4, -0.2) is 30.6 Å². The van der Waals surface area contributed by atoms with E-state index in [1.807, 2.05) is 13.8 Å². The molecule has 1 rings (SSSR count). The normalized spacial score (nSPS) is 11.3. The molecule has 0 radical (unpaired) electrons. The van der Waals surface area contributed by atoms with Crippen LogP contribution in [0, 0.1) is 5.92 Å². The Morgan fingerprint density at radius 2 is 1.85 bits per heavy atom. The van der Waals surface area contributed by atoms with E-state index >= 15 is 0 Å². The Morgan fingerprint density at radius 3 is 2.35 bits per heavy atom. The summed E-state index contributed by atoms with van der Waals surface area (Å²) in [5.74, 6) is -1.13. The number of aliphatic hydroxyl groups excluding tert-OH is 1. The molecule has 5 heteroatoms. The Morgan fingerprint density at radius 1 is 1.25 bits per heavy atom. The number of aliphatic hydroxyl groups is 1. The van der Waals surface area contributed by atoms with Crippen molar-refractivity contribution in [1.29, 1.82) is 0 Å². The van der Waals surface area contributed by atoms with Gasteiger partial charge < -0.3 is 14.6 Å². The van der Waals surface area contributed by atoms with E-state index < -0.39 is 11.8 Å². The summed E-state index contributed by atoms with van der Waals surface area (Å²) >= 11 is 0. The van der Waals surface area contributed by atoms with E-state index in [9.17, 15) is 14.7 Å². The van der Waals surface area contributed by atoms with Crippen LogP contribution >= 0.6 is 0 Å². The lowest BCUT2D eigenvalue weighted by molar-refractivity contribution is -0.149. The van der Waals surface area contributed by atoms with E-state index in [0.29, 0.717) is 23.8 Å². The highest BCUT2D eigenvalue weighted by Gasteiger charge is 2.12. The fourth-order valence-corrected chi connectivity index (χ4v) is 1.35. The topological polar surface area (TPSA) is 72.8 Å². The van der Waals surface area contributed by atoms with Crippen LogP contribution in [0.25, 0.3) is 5.76 Å². The van der Waals surface area contributed by atoms with Gasteiger partial charge in [-0.2, -0.15) is 0 Å². The fourth-order valence-electron chi connectivity index (χ4n) is 1.35. The number of hydrogen-bond acceptors (Lipinski definition) is 5. The highest BCUT2D eigenvalue weighted by molar-refractivity contribution is 6.39. The molecular formula is C15H18O5. The average Bonchev–Trinajstić information content (AvgIpc) is 2.44. The minimum atomic E-state index is -1.02. The number of benzene rings is 1. The molecule has 0 saturated heterocycles. The first-order chi connectivity index (χ1) is 9.43. The van der Waals surface area contributed by atoms with Crippen molar-refractivity contribution in [1.82, 2.24) is 0 Å². The standard InChI is InChI=1S/C15H18O5/c1-10(2)9-20-12-6-4-11(5-7-12)13(16)8-14(17)15(18)19-3/h4-8,10,16H,9H2,1-3H3/b13-8-. The molecule has 0 aromatic heterocycles. The lowest BCUT2D eigenvalue weighted by Crippen LogP contribution is -2.13. The first-order valence-electron chi connectivity index (χ1n) is 6.20. The van der Waals surface area contributed by atoms with Crippen molar-refractivity contribution in [3.05, 3.63) is 35.9 Å². The van der Waals surface area contributed by atoms with Crippen LogP contribution in [0.3, 0.4) is 0 Å². The Balaban J connectivity index is 2.75. The van der Waals surface area contributed by atoms with Crippen molar-refractivity contribution in [3.8, 4) is 5.75 Å². The van der Waals surface area contributed by atoms with Crippen molar-refractivity contribution in [3.63, 3.8) is 0 Å². The second-order valence-electron chi connectivity index (χ2n) is 4.61. The monoisotopic (exact) mass is 278 g/mol. The van der Waals surface area contributed by atoms with Gasteiger partial charge in [-0.3, -0.25) is 4.79 Å². The predicted octanol–water partition coefficient (Wildman–Crippen LogP) is 2.36. The Kier molecular flexibility index (Phi) is 5.77. The highest BCUT2D eigenvalue weighted by atomic mass is 16.5. The molecule has 0 amide bonds. The van der Waals surface area contributed by atoms with Gasteiger partial charge in [0.15, 0.2) is 0 Å². The maximum atomic E-state index is 11.3. The molecule has 0 aliphatic carbocycles. The lowest BCUT2D eigenvalue weighted by Gasteiger charge is -2.09. The first kappa shape index (κ1) is 15.8. The number of esters is 1. The van der Waals surface area contributed by atoms with E-state index in [2.05, 4.69) is 4.74 Å². The van der Waals surface area contributed by atoms with Gasteiger partial charge in [0.25, 0.3) is 5.78 Å². The predicted molar refractivity (Wildman–Crippen MR) is 74.4 cm³/mol. The molecule has 0 spiro atoms. The molecule has 1 aromatic carbocycles. The van der Waals surface area contributed by atoms with Gasteiger partial charge in [0, 0.05) is 11.6 Å². The molecule has 0 fully saturated rings. The van der Waals surface area contributed by atoms with Crippen LogP contribution in [0.1, 0.15) is 19.4 Å². The summed E-state index contributed by atoms with van der Waals surface area (Å²) in [6.45, 7) is 4.69. The largest absolute Gasteiger partial charge is 0.507 e. The SMILES string of the molecule is COC(=O)C(=O)/C=C(\O)c1ccc(OCC(C)C)cc1. The van der Waals surface area contributed by atoms with Gasteiger partial charge in [0.2, 0.25) is 0 Å². The van der Waals surface area contributed by atoms with Gasteiger partial charge in [-0.1, -0.05) is 13.8 Å². The Hall–Kier alpha value is -2.30. The zero-order valence-corrected chi connectivity index (χ0v) is 11.8. The third-order valence-corrected chi connectivity index (χ3v) is 2.39. The molecule has 108 valence electrons. The van der Waals surface area contributed by atoms with Crippen molar-refractivity contribution in [2.24, 2.45) is 5.92 Å². The molecule has 0 unspecified atom stereocenters. The molecule has 0 aliphatic rings. The molecule has 0 bridgehead atoms. The molecule has 0 aliphatic heterocycles. The zero-order valence-electron chi connectivity index (χ0n) is 11.8. The summed E-state index contributed by atoms with van der Waals surface area (Å²) in [6, 6.07) is 6.58. The summed E-state index contributed by atoms with van der Waals surface area (Å²) < 4.78 is 9.75. The number of carbonyl (C=O) groups is 2. The van der Waals surface area contributed by atoms with Crippen LogP contribution in [0.5, 0.6) is 5.75 Å². The minimum Gasteiger partial charge on any atom is -0.507 e. The third kappa shape index (κ3) is 4.76. The third-order valence-electron chi connectivity index (χ3n) is 2.39. The van der Waals surface area contributed by atoms with E-state index in [1.165, 1.54) is 0 Å². The van der Waals surface area contributed by atoms with Gasteiger partial charge in [0.1, 0.15) is 11.5 Å². The van der Waals surface area contributed by atoms with Crippen LogP contribution in [-0.2, 0) is 14.3 Å². The van der Waals surface area contributed by atoms with E-state index in [4.69, 9.17) is 4.74 Å². The Labute approximate surface area is 117 Å². The highest BCUT2D eigenvalue weighted by Crippen LogP contribution is 2.17. The van der Waals surface area contributed by atoms with Crippen LogP contribution in [0.2, 0.25) is 0 Å². The second kappa shape index (κ2) is 7.33. The fraction of sp³-hybridized carbons (Fsp3) is 0.333. The molecule has 0 heterocycles. The molecule has 1 aromatic rings. The van der Waals surface area contributed by atoms with Crippen molar-refractivity contribution < 1.29 is 24.2 Å². The number of ketones is 1. The summed E-state index contributed by atoms with van der Waals surface area (Å²) in [4.78, 5) is 22.2. The maximum absolute atomic E-state index is 11.3.